The molecule has 0 aromatic heterocycles. The van der Waals surface area contributed by atoms with Crippen LogP contribution in [-0.4, -0.2) is 30.4 Å². The van der Waals surface area contributed by atoms with E-state index in [1.165, 1.54) is 25.1 Å². The Balaban J connectivity index is 1.61. The zero-order valence-corrected chi connectivity index (χ0v) is 15.3. The number of rotatable bonds is 5. The lowest BCUT2D eigenvalue weighted by Gasteiger charge is -2.18. The maximum atomic E-state index is 13.9. The van der Waals surface area contributed by atoms with Gasteiger partial charge in [0.1, 0.15) is 17.5 Å². The fraction of sp³-hybridized carbons (Fsp3) is 0.250. The number of benzene rings is 2. The molecule has 6 nitrogen and oxygen atoms in total. The van der Waals surface area contributed by atoms with Crippen molar-refractivity contribution in [3.05, 3.63) is 59.9 Å². The summed E-state index contributed by atoms with van der Waals surface area (Å²) in [5.74, 6) is -5.21. The molecule has 1 N–H and O–H groups in total. The van der Waals surface area contributed by atoms with Gasteiger partial charge in [-0.05, 0) is 31.2 Å². The van der Waals surface area contributed by atoms with Crippen LogP contribution in [0.5, 0.6) is 0 Å². The van der Waals surface area contributed by atoms with Gasteiger partial charge in [-0.25, -0.2) is 13.2 Å². The summed E-state index contributed by atoms with van der Waals surface area (Å²) < 4.78 is 45.8. The SMILES string of the molecule is C[C@H](OC(=O)[C@@H]1CC(=O)N(c2ccccc2F)C1)C(=O)Nc1cc(F)ccc1F. The molecule has 0 radical (unpaired) electrons. The van der Waals surface area contributed by atoms with Crippen molar-refractivity contribution in [1.29, 1.82) is 0 Å². The summed E-state index contributed by atoms with van der Waals surface area (Å²) in [7, 11) is 0. The van der Waals surface area contributed by atoms with Crippen LogP contribution in [0.4, 0.5) is 24.5 Å². The normalized spacial score (nSPS) is 17.2. The summed E-state index contributed by atoms with van der Waals surface area (Å²) >= 11 is 0. The number of hydrogen-bond acceptors (Lipinski definition) is 4. The van der Waals surface area contributed by atoms with Crippen LogP contribution in [0.2, 0.25) is 0 Å². The van der Waals surface area contributed by atoms with Gasteiger partial charge in [-0.2, -0.15) is 0 Å². The van der Waals surface area contributed by atoms with Crippen molar-refractivity contribution in [3.63, 3.8) is 0 Å². The molecule has 0 bridgehead atoms. The molecular weight excluding hydrogens is 389 g/mol. The van der Waals surface area contributed by atoms with E-state index in [2.05, 4.69) is 5.32 Å². The summed E-state index contributed by atoms with van der Waals surface area (Å²) in [6.45, 7) is 1.17. The second kappa shape index (κ2) is 8.34. The van der Waals surface area contributed by atoms with Crippen LogP contribution in [0.15, 0.2) is 42.5 Å². The standard InChI is InChI=1S/C20H17F3N2O4/c1-11(19(27)24-16-9-13(21)6-7-14(16)22)29-20(28)12-8-18(26)25(10-12)17-5-3-2-4-15(17)23/h2-7,9,11-12H,8,10H2,1H3,(H,24,27)/t11-,12+/m0/s1. The molecule has 9 heteroatoms. The monoisotopic (exact) mass is 406 g/mol. The van der Waals surface area contributed by atoms with E-state index in [0.717, 1.165) is 23.1 Å². The highest BCUT2D eigenvalue weighted by Gasteiger charge is 2.38. The first-order chi connectivity index (χ1) is 13.8. The van der Waals surface area contributed by atoms with Gasteiger partial charge in [-0.3, -0.25) is 14.4 Å². The predicted octanol–water partition coefficient (Wildman–Crippen LogP) is 3.03. The molecular formula is C20H17F3N2O4. The number of carbonyl (C=O) groups is 3. The Morgan fingerprint density at radius 1 is 1.14 bits per heavy atom. The number of nitrogens with zero attached hydrogens (tertiary/aromatic N) is 1. The van der Waals surface area contributed by atoms with Gasteiger partial charge in [0.15, 0.2) is 6.10 Å². The number of amides is 2. The third kappa shape index (κ3) is 4.56. The molecule has 2 amide bonds. The number of anilines is 2. The number of hydrogen-bond donors (Lipinski definition) is 1. The average molecular weight is 406 g/mol. The fourth-order valence-electron chi connectivity index (χ4n) is 2.92. The zero-order valence-electron chi connectivity index (χ0n) is 15.3. The Morgan fingerprint density at radius 3 is 2.59 bits per heavy atom. The summed E-state index contributed by atoms with van der Waals surface area (Å²) in [6, 6.07) is 8.21. The third-order valence-electron chi connectivity index (χ3n) is 4.45. The Kier molecular flexibility index (Phi) is 5.86. The number of ether oxygens (including phenoxy) is 1. The number of esters is 1. The molecule has 0 spiro atoms. The lowest BCUT2D eigenvalue weighted by Crippen LogP contribution is -2.33. The molecule has 29 heavy (non-hydrogen) atoms. The van der Waals surface area contributed by atoms with Crippen LogP contribution in [-0.2, 0) is 19.1 Å². The third-order valence-corrected chi connectivity index (χ3v) is 4.45. The largest absolute Gasteiger partial charge is 0.452 e. The zero-order chi connectivity index (χ0) is 21.1. The molecule has 1 aliphatic rings. The lowest BCUT2D eigenvalue weighted by molar-refractivity contribution is -0.157. The van der Waals surface area contributed by atoms with Gasteiger partial charge in [0, 0.05) is 19.0 Å². The van der Waals surface area contributed by atoms with Crippen molar-refractivity contribution < 1.29 is 32.3 Å². The molecule has 1 fully saturated rings. The van der Waals surface area contributed by atoms with Crippen LogP contribution in [0.25, 0.3) is 0 Å². The smallest absolute Gasteiger partial charge is 0.312 e. The van der Waals surface area contributed by atoms with E-state index in [9.17, 15) is 27.6 Å². The van der Waals surface area contributed by atoms with Crippen LogP contribution < -0.4 is 10.2 Å². The maximum absolute atomic E-state index is 13.9. The minimum Gasteiger partial charge on any atom is -0.452 e. The molecule has 0 saturated carbocycles. The van der Waals surface area contributed by atoms with E-state index >= 15 is 0 Å². The highest BCUT2D eigenvalue weighted by molar-refractivity contribution is 6.00. The highest BCUT2D eigenvalue weighted by Crippen LogP contribution is 2.28. The second-order valence-electron chi connectivity index (χ2n) is 6.55. The Hall–Kier alpha value is -3.36. The van der Waals surface area contributed by atoms with Crippen LogP contribution in [0, 0.1) is 23.4 Å². The van der Waals surface area contributed by atoms with Crippen molar-refractivity contribution in [2.75, 3.05) is 16.8 Å². The molecule has 3 rings (SSSR count). The van der Waals surface area contributed by atoms with E-state index in [1.807, 2.05) is 0 Å². The van der Waals surface area contributed by atoms with Gasteiger partial charge < -0.3 is 15.0 Å². The average Bonchev–Trinajstić information content (AvgIpc) is 3.06. The van der Waals surface area contributed by atoms with Crippen molar-refractivity contribution in [1.82, 2.24) is 0 Å². The summed E-state index contributed by atoms with van der Waals surface area (Å²) in [5.41, 5.74) is -0.333. The minimum atomic E-state index is -1.32. The predicted molar refractivity (Wildman–Crippen MR) is 97.4 cm³/mol. The number of halogens is 3. The fourth-order valence-corrected chi connectivity index (χ4v) is 2.92. The van der Waals surface area contributed by atoms with E-state index < -0.39 is 47.3 Å². The van der Waals surface area contributed by atoms with E-state index in [-0.39, 0.29) is 24.3 Å². The van der Waals surface area contributed by atoms with E-state index in [4.69, 9.17) is 4.74 Å². The molecule has 1 saturated heterocycles. The quantitative estimate of drug-likeness (QED) is 0.775. The molecule has 0 unspecified atom stereocenters. The first-order valence-corrected chi connectivity index (χ1v) is 8.77. The van der Waals surface area contributed by atoms with Gasteiger partial charge in [0.2, 0.25) is 5.91 Å². The molecule has 1 heterocycles. The van der Waals surface area contributed by atoms with Crippen molar-refractivity contribution in [2.24, 2.45) is 5.92 Å². The van der Waals surface area contributed by atoms with Crippen molar-refractivity contribution in [3.8, 4) is 0 Å². The Bertz CT molecular complexity index is 966. The van der Waals surface area contributed by atoms with Gasteiger partial charge >= 0.3 is 5.97 Å². The highest BCUT2D eigenvalue weighted by atomic mass is 19.1. The van der Waals surface area contributed by atoms with E-state index in [0.29, 0.717) is 0 Å². The van der Waals surface area contributed by atoms with Crippen molar-refractivity contribution in [2.45, 2.75) is 19.4 Å². The maximum Gasteiger partial charge on any atom is 0.312 e. The number of para-hydroxylation sites is 1. The minimum absolute atomic E-state index is 0.0557. The second-order valence-corrected chi connectivity index (χ2v) is 6.55. The lowest BCUT2D eigenvalue weighted by atomic mass is 10.1. The Labute approximate surface area is 164 Å². The van der Waals surface area contributed by atoms with Gasteiger partial charge in [0.05, 0.1) is 17.3 Å². The molecule has 2 atom stereocenters. The van der Waals surface area contributed by atoms with E-state index in [1.54, 1.807) is 6.07 Å². The molecule has 2 aromatic rings. The van der Waals surface area contributed by atoms with Gasteiger partial charge in [-0.1, -0.05) is 12.1 Å². The van der Waals surface area contributed by atoms with Gasteiger partial charge in [0.25, 0.3) is 5.91 Å². The first-order valence-electron chi connectivity index (χ1n) is 8.77. The topological polar surface area (TPSA) is 75.7 Å². The number of nitrogens with one attached hydrogen (secondary N) is 1. The van der Waals surface area contributed by atoms with Crippen LogP contribution >= 0.6 is 0 Å². The molecule has 0 aliphatic carbocycles. The molecule has 1 aliphatic heterocycles. The summed E-state index contributed by atoms with van der Waals surface area (Å²) in [5, 5.41) is 2.14. The molecule has 2 aromatic carbocycles. The first kappa shape index (κ1) is 20.4. The van der Waals surface area contributed by atoms with Gasteiger partial charge in [-0.15, -0.1) is 0 Å². The summed E-state index contributed by atoms with van der Waals surface area (Å²) in [6.07, 6.45) is -1.51. The number of carbonyl (C=O) groups excluding carboxylic acids is 3. The van der Waals surface area contributed by atoms with Crippen LogP contribution in [0.1, 0.15) is 13.3 Å². The molecule has 152 valence electrons. The summed E-state index contributed by atoms with van der Waals surface area (Å²) in [4.78, 5) is 37.8. The Morgan fingerprint density at radius 2 is 1.86 bits per heavy atom. The van der Waals surface area contributed by atoms with Crippen molar-refractivity contribution >= 4 is 29.2 Å². The van der Waals surface area contributed by atoms with Crippen LogP contribution in [0.3, 0.4) is 0 Å².